The number of amides is 2. The number of carbonyl (C=O) groups excluding carboxylic acids is 2. The number of anilines is 1. The second-order valence-corrected chi connectivity index (χ2v) is 7.71. The molecule has 1 fully saturated rings. The van der Waals surface area contributed by atoms with E-state index in [1.165, 1.54) is 10.8 Å². The van der Waals surface area contributed by atoms with Gasteiger partial charge in [-0.3, -0.25) is 9.59 Å². The molecular formula is C21H22N6O3. The van der Waals surface area contributed by atoms with Crippen molar-refractivity contribution in [1.29, 1.82) is 0 Å². The first kappa shape index (κ1) is 18.5. The van der Waals surface area contributed by atoms with Gasteiger partial charge in [0, 0.05) is 18.3 Å². The number of likely N-dealkylation sites (tertiary alicyclic amines) is 1. The van der Waals surface area contributed by atoms with Crippen LogP contribution in [0.25, 0.3) is 5.65 Å². The molecule has 2 aromatic heterocycles. The van der Waals surface area contributed by atoms with Gasteiger partial charge in [0.05, 0.1) is 11.5 Å². The van der Waals surface area contributed by atoms with Crippen LogP contribution in [0.1, 0.15) is 31.7 Å². The number of ether oxygens (including phenoxy) is 1. The quantitative estimate of drug-likeness (QED) is 0.693. The van der Waals surface area contributed by atoms with Gasteiger partial charge in [-0.15, -0.1) is 15.3 Å². The van der Waals surface area contributed by atoms with Crippen LogP contribution in [-0.2, 0) is 15.0 Å². The molecule has 0 aliphatic carbocycles. The van der Waals surface area contributed by atoms with Crippen LogP contribution in [0.15, 0.2) is 42.7 Å². The molecule has 0 bridgehead atoms. The Kier molecular flexibility index (Phi) is 4.38. The first-order valence-corrected chi connectivity index (χ1v) is 10.1. The first-order valence-electron chi connectivity index (χ1n) is 10.1. The molecule has 2 aliphatic heterocycles. The molecule has 0 radical (unpaired) electrons. The van der Waals surface area contributed by atoms with Crippen molar-refractivity contribution in [1.82, 2.24) is 24.7 Å². The normalized spacial score (nSPS) is 22.5. The van der Waals surface area contributed by atoms with E-state index in [0.29, 0.717) is 24.5 Å². The Morgan fingerprint density at radius 2 is 2.17 bits per heavy atom. The van der Waals surface area contributed by atoms with Crippen LogP contribution in [0.2, 0.25) is 0 Å². The number of nitrogens with one attached hydrogen (secondary N) is 1. The summed E-state index contributed by atoms with van der Waals surface area (Å²) in [5, 5.41) is 14.9. The van der Waals surface area contributed by atoms with Gasteiger partial charge in [-0.1, -0.05) is 31.5 Å². The van der Waals surface area contributed by atoms with Gasteiger partial charge < -0.3 is 15.0 Å². The highest BCUT2D eigenvalue weighted by Gasteiger charge is 2.58. The number of nitrogens with zero attached hydrogens (tertiary/aromatic N) is 5. The monoisotopic (exact) mass is 406 g/mol. The Hall–Kier alpha value is -3.49. The summed E-state index contributed by atoms with van der Waals surface area (Å²) < 4.78 is 7.14. The molecule has 9 heteroatoms. The number of hydrogen-bond acceptors (Lipinski definition) is 6. The Bertz CT molecular complexity index is 1130. The maximum absolute atomic E-state index is 13.1. The Morgan fingerprint density at radius 1 is 1.30 bits per heavy atom. The maximum Gasteiger partial charge on any atom is 0.260 e. The highest BCUT2D eigenvalue weighted by molar-refractivity contribution is 6.07. The van der Waals surface area contributed by atoms with Crippen molar-refractivity contribution in [3.63, 3.8) is 0 Å². The lowest BCUT2D eigenvalue weighted by molar-refractivity contribution is -0.135. The predicted octanol–water partition coefficient (Wildman–Crippen LogP) is 1.79. The molecular weight excluding hydrogens is 384 g/mol. The van der Waals surface area contributed by atoms with Crippen LogP contribution in [0.3, 0.4) is 0 Å². The van der Waals surface area contributed by atoms with Crippen LogP contribution in [0.4, 0.5) is 5.69 Å². The van der Waals surface area contributed by atoms with Gasteiger partial charge in [0.25, 0.3) is 5.91 Å². The summed E-state index contributed by atoms with van der Waals surface area (Å²) in [4.78, 5) is 28.0. The molecule has 2 aliphatic rings. The fourth-order valence-electron chi connectivity index (χ4n) is 4.78. The maximum atomic E-state index is 13.1. The Balaban J connectivity index is 1.37. The Morgan fingerprint density at radius 3 is 3.03 bits per heavy atom. The van der Waals surface area contributed by atoms with Gasteiger partial charge in [0.1, 0.15) is 6.33 Å². The molecule has 5 rings (SSSR count). The van der Waals surface area contributed by atoms with E-state index < -0.39 is 5.41 Å². The lowest BCUT2D eigenvalue weighted by Gasteiger charge is -2.33. The molecule has 0 saturated carbocycles. The zero-order valence-electron chi connectivity index (χ0n) is 16.6. The number of benzene rings is 1. The number of carbonyl (C=O) groups is 2. The summed E-state index contributed by atoms with van der Waals surface area (Å²) in [6.07, 6.45) is 3.70. The predicted molar refractivity (Wildman–Crippen MR) is 108 cm³/mol. The van der Waals surface area contributed by atoms with Crippen molar-refractivity contribution < 1.29 is 14.3 Å². The van der Waals surface area contributed by atoms with E-state index in [-0.39, 0.29) is 24.5 Å². The van der Waals surface area contributed by atoms with Crippen molar-refractivity contribution in [2.75, 3.05) is 18.5 Å². The van der Waals surface area contributed by atoms with Crippen LogP contribution < -0.4 is 10.1 Å². The molecule has 1 N–H and O–H groups in total. The molecule has 4 heterocycles. The molecule has 1 saturated heterocycles. The zero-order valence-corrected chi connectivity index (χ0v) is 16.6. The number of rotatable bonds is 5. The van der Waals surface area contributed by atoms with Crippen LogP contribution in [0.5, 0.6) is 5.88 Å². The van der Waals surface area contributed by atoms with Crippen LogP contribution in [0, 0.1) is 0 Å². The lowest BCUT2D eigenvalue weighted by atomic mass is 9.73. The van der Waals surface area contributed by atoms with E-state index in [9.17, 15) is 9.59 Å². The summed E-state index contributed by atoms with van der Waals surface area (Å²) in [7, 11) is 0. The molecule has 154 valence electrons. The van der Waals surface area contributed by atoms with Gasteiger partial charge in [-0.05, 0) is 30.5 Å². The molecule has 1 aromatic carbocycles. The number of fused-ring (bicyclic) bond motifs is 3. The minimum atomic E-state index is -0.693. The average Bonchev–Trinajstić information content (AvgIpc) is 3.44. The van der Waals surface area contributed by atoms with E-state index >= 15 is 0 Å². The smallest absolute Gasteiger partial charge is 0.260 e. The lowest BCUT2D eigenvalue weighted by Crippen LogP contribution is -2.49. The summed E-state index contributed by atoms with van der Waals surface area (Å²) in [6.45, 7) is 2.45. The van der Waals surface area contributed by atoms with Crippen molar-refractivity contribution in [3.8, 4) is 5.88 Å². The molecule has 30 heavy (non-hydrogen) atoms. The average molecular weight is 406 g/mol. The fourth-order valence-corrected chi connectivity index (χ4v) is 4.78. The minimum Gasteiger partial charge on any atom is -0.467 e. The topological polar surface area (TPSA) is 102 Å². The molecule has 2 amide bonds. The minimum absolute atomic E-state index is 0.0157. The van der Waals surface area contributed by atoms with Crippen molar-refractivity contribution in [2.45, 2.75) is 37.6 Å². The van der Waals surface area contributed by atoms with Crippen LogP contribution in [-0.4, -0.2) is 55.7 Å². The van der Waals surface area contributed by atoms with Crippen molar-refractivity contribution in [2.24, 2.45) is 0 Å². The second kappa shape index (κ2) is 7.08. The summed E-state index contributed by atoms with van der Waals surface area (Å²) in [5.74, 6) is 0.159. The number of hydrogen-bond donors (Lipinski definition) is 1. The molecule has 1 spiro atoms. The fraction of sp³-hybridized carbons (Fsp3) is 0.381. The summed E-state index contributed by atoms with van der Waals surface area (Å²) in [5.41, 5.74) is 1.75. The third kappa shape index (κ3) is 2.72. The standard InChI is InChI=1S/C21H22N6O3/c1-2-5-16-21(14-6-3-4-7-15(14)23-20(21)29)10-11-26(16)19(28)12-30-18-9-8-17-24-22-13-27(17)25-18/h3-4,6-9,13,16H,2,5,10-12H2,1H3,(H,23,29)/t16-,21+/m0/s1. The molecule has 2 atom stereocenters. The van der Waals surface area contributed by atoms with Gasteiger partial charge in [-0.25, -0.2) is 0 Å². The molecule has 9 nitrogen and oxygen atoms in total. The van der Waals surface area contributed by atoms with E-state index in [4.69, 9.17) is 4.74 Å². The summed E-state index contributed by atoms with van der Waals surface area (Å²) in [6, 6.07) is 11.0. The van der Waals surface area contributed by atoms with E-state index in [2.05, 4.69) is 27.5 Å². The Labute approximate surface area is 173 Å². The van der Waals surface area contributed by atoms with Gasteiger partial charge in [-0.2, -0.15) is 4.52 Å². The van der Waals surface area contributed by atoms with E-state index in [1.807, 2.05) is 29.2 Å². The van der Waals surface area contributed by atoms with E-state index in [1.54, 1.807) is 12.1 Å². The van der Waals surface area contributed by atoms with Gasteiger partial charge in [0.2, 0.25) is 11.8 Å². The third-order valence-electron chi connectivity index (χ3n) is 6.12. The number of para-hydroxylation sites is 1. The molecule has 3 aromatic rings. The first-order chi connectivity index (χ1) is 14.6. The SMILES string of the molecule is CCC[C@@H]1N(C(=O)COc2ccc3nncn3n2)CC[C@]12C(=O)Nc1ccccc12. The summed E-state index contributed by atoms with van der Waals surface area (Å²) >= 11 is 0. The van der Waals surface area contributed by atoms with E-state index in [0.717, 1.165) is 24.1 Å². The van der Waals surface area contributed by atoms with Crippen molar-refractivity contribution in [3.05, 3.63) is 48.3 Å². The second-order valence-electron chi connectivity index (χ2n) is 7.71. The third-order valence-corrected chi connectivity index (χ3v) is 6.12. The largest absolute Gasteiger partial charge is 0.467 e. The van der Waals surface area contributed by atoms with Crippen LogP contribution >= 0.6 is 0 Å². The molecule has 0 unspecified atom stereocenters. The van der Waals surface area contributed by atoms with Gasteiger partial charge in [0.15, 0.2) is 12.3 Å². The number of aromatic nitrogens is 4. The van der Waals surface area contributed by atoms with Crippen molar-refractivity contribution >= 4 is 23.1 Å². The highest BCUT2D eigenvalue weighted by atomic mass is 16.5. The zero-order chi connectivity index (χ0) is 20.7. The highest BCUT2D eigenvalue weighted by Crippen LogP contribution is 2.49. The van der Waals surface area contributed by atoms with Gasteiger partial charge >= 0.3 is 0 Å².